The monoisotopic (exact) mass is 303 g/mol. The number of hydrogen-bond donors (Lipinski definition) is 0. The van der Waals surface area contributed by atoms with Crippen molar-refractivity contribution in [3.8, 4) is 0 Å². The van der Waals surface area contributed by atoms with Gasteiger partial charge in [0.2, 0.25) is 0 Å². The van der Waals surface area contributed by atoms with Gasteiger partial charge in [-0.2, -0.15) is 0 Å². The summed E-state index contributed by atoms with van der Waals surface area (Å²) in [5, 5.41) is 1.32. The van der Waals surface area contributed by atoms with E-state index in [1.807, 2.05) is 18.3 Å². The first kappa shape index (κ1) is 13.5. The molecule has 1 fully saturated rings. The highest BCUT2D eigenvalue weighted by Crippen LogP contribution is 2.41. The third kappa shape index (κ3) is 2.23. The summed E-state index contributed by atoms with van der Waals surface area (Å²) in [6, 6.07) is 0. The molecular weight excluding hydrogens is 282 g/mol. The summed E-state index contributed by atoms with van der Waals surface area (Å²) in [5.41, 5.74) is 1.40. The molecule has 112 valence electrons. The van der Waals surface area contributed by atoms with Crippen molar-refractivity contribution in [2.24, 2.45) is 0 Å². The van der Waals surface area contributed by atoms with E-state index in [2.05, 4.69) is 23.7 Å². The number of aromatic nitrogens is 2. The first-order valence-electron chi connectivity index (χ1n) is 7.71. The van der Waals surface area contributed by atoms with E-state index < -0.39 is 0 Å². The van der Waals surface area contributed by atoms with E-state index in [9.17, 15) is 0 Å². The third-order valence-electron chi connectivity index (χ3n) is 4.38. The molecule has 4 nitrogen and oxygen atoms in total. The standard InChI is InChI=1S/C16H21N3OS/c1-10-17-14(19-7-8-20-16(2,3)9-19)13-11-5-4-6-12(11)21-15(13)18-10/h4-9H2,1-3H3. The van der Waals surface area contributed by atoms with E-state index in [0.29, 0.717) is 0 Å². The number of fused-ring (bicyclic) bond motifs is 3. The average Bonchev–Trinajstić information content (AvgIpc) is 2.96. The third-order valence-corrected chi connectivity index (χ3v) is 5.57. The number of hydrogen-bond acceptors (Lipinski definition) is 5. The van der Waals surface area contributed by atoms with Gasteiger partial charge in [-0.25, -0.2) is 9.97 Å². The zero-order valence-corrected chi connectivity index (χ0v) is 13.7. The summed E-state index contributed by atoms with van der Waals surface area (Å²) in [5.74, 6) is 2.01. The Morgan fingerprint density at radius 1 is 1.24 bits per heavy atom. The lowest BCUT2D eigenvalue weighted by molar-refractivity contribution is -0.0278. The second-order valence-corrected chi connectivity index (χ2v) is 7.75. The van der Waals surface area contributed by atoms with Crippen LogP contribution in [0.3, 0.4) is 0 Å². The largest absolute Gasteiger partial charge is 0.372 e. The summed E-state index contributed by atoms with van der Waals surface area (Å²) in [6.07, 6.45) is 3.67. The minimum absolute atomic E-state index is 0.109. The van der Waals surface area contributed by atoms with Crippen LogP contribution in [0.2, 0.25) is 0 Å². The van der Waals surface area contributed by atoms with Gasteiger partial charge in [-0.05, 0) is 45.6 Å². The van der Waals surface area contributed by atoms with Gasteiger partial charge in [-0.1, -0.05) is 0 Å². The lowest BCUT2D eigenvalue weighted by atomic mass is 10.1. The Balaban J connectivity index is 1.87. The molecule has 2 aromatic heterocycles. The number of nitrogens with zero attached hydrogens (tertiary/aromatic N) is 3. The molecule has 2 aliphatic rings. The highest BCUT2D eigenvalue weighted by atomic mass is 32.1. The van der Waals surface area contributed by atoms with Crippen LogP contribution in [0.25, 0.3) is 10.2 Å². The molecule has 2 aromatic rings. The molecule has 0 aromatic carbocycles. The molecule has 1 aliphatic carbocycles. The molecule has 0 unspecified atom stereocenters. The van der Waals surface area contributed by atoms with Crippen LogP contribution in [0.15, 0.2) is 0 Å². The Hall–Kier alpha value is -1.20. The van der Waals surface area contributed by atoms with Gasteiger partial charge in [-0.3, -0.25) is 0 Å². The van der Waals surface area contributed by atoms with Gasteiger partial charge in [-0.15, -0.1) is 11.3 Å². The number of morpholine rings is 1. The summed E-state index contributed by atoms with van der Waals surface area (Å²) < 4.78 is 5.85. The predicted molar refractivity (Wildman–Crippen MR) is 86.4 cm³/mol. The molecule has 0 radical (unpaired) electrons. The number of thiophene rings is 1. The summed E-state index contributed by atoms with van der Waals surface area (Å²) in [4.78, 5) is 14.6. The summed E-state index contributed by atoms with van der Waals surface area (Å²) in [6.45, 7) is 8.89. The SMILES string of the molecule is Cc1nc(N2CCOC(C)(C)C2)c2c3c(sc2n1)CCC3. The lowest BCUT2D eigenvalue weighted by Crippen LogP contribution is -2.48. The molecule has 4 rings (SSSR count). The second-order valence-electron chi connectivity index (χ2n) is 6.66. The van der Waals surface area contributed by atoms with Crippen LogP contribution in [0, 0.1) is 6.92 Å². The molecule has 0 atom stereocenters. The van der Waals surface area contributed by atoms with Gasteiger partial charge in [0, 0.05) is 18.0 Å². The van der Waals surface area contributed by atoms with Gasteiger partial charge < -0.3 is 9.64 Å². The normalized spacial score (nSPS) is 21.0. The van der Waals surface area contributed by atoms with E-state index in [-0.39, 0.29) is 5.60 Å². The summed E-state index contributed by atoms with van der Waals surface area (Å²) in [7, 11) is 0. The van der Waals surface area contributed by atoms with Crippen LogP contribution >= 0.6 is 11.3 Å². The van der Waals surface area contributed by atoms with E-state index in [0.717, 1.165) is 31.3 Å². The van der Waals surface area contributed by atoms with Gasteiger partial charge in [0.1, 0.15) is 16.5 Å². The topological polar surface area (TPSA) is 38.2 Å². The Labute approximate surface area is 129 Å². The lowest BCUT2D eigenvalue weighted by Gasteiger charge is -2.39. The molecule has 21 heavy (non-hydrogen) atoms. The average molecular weight is 303 g/mol. The van der Waals surface area contributed by atoms with E-state index in [1.54, 1.807) is 0 Å². The maximum atomic E-state index is 5.85. The Morgan fingerprint density at radius 2 is 2.10 bits per heavy atom. The fraction of sp³-hybridized carbons (Fsp3) is 0.625. The highest BCUT2D eigenvalue weighted by Gasteiger charge is 2.31. The Bertz CT molecular complexity index is 707. The van der Waals surface area contributed by atoms with Crippen molar-refractivity contribution in [3.05, 3.63) is 16.3 Å². The molecule has 0 N–H and O–H groups in total. The smallest absolute Gasteiger partial charge is 0.141 e. The van der Waals surface area contributed by atoms with E-state index in [4.69, 9.17) is 9.72 Å². The van der Waals surface area contributed by atoms with Gasteiger partial charge in [0.15, 0.2) is 0 Å². The predicted octanol–water partition coefficient (Wildman–Crippen LogP) is 3.10. The van der Waals surface area contributed by atoms with Crippen molar-refractivity contribution in [2.45, 2.75) is 45.6 Å². The van der Waals surface area contributed by atoms with Crippen molar-refractivity contribution in [2.75, 3.05) is 24.6 Å². The second kappa shape index (κ2) is 4.65. The Kier molecular flexibility index (Phi) is 2.98. The highest BCUT2D eigenvalue weighted by molar-refractivity contribution is 7.19. The maximum Gasteiger partial charge on any atom is 0.141 e. The van der Waals surface area contributed by atoms with Crippen molar-refractivity contribution in [3.63, 3.8) is 0 Å². The molecule has 1 saturated heterocycles. The maximum absolute atomic E-state index is 5.85. The van der Waals surface area contributed by atoms with Crippen LogP contribution in [0.1, 0.15) is 36.5 Å². The zero-order valence-electron chi connectivity index (χ0n) is 12.9. The Morgan fingerprint density at radius 3 is 2.90 bits per heavy atom. The number of anilines is 1. The van der Waals surface area contributed by atoms with Gasteiger partial charge in [0.25, 0.3) is 0 Å². The molecular formula is C16H21N3OS. The van der Waals surface area contributed by atoms with Crippen molar-refractivity contribution in [1.82, 2.24) is 9.97 Å². The van der Waals surface area contributed by atoms with Gasteiger partial charge >= 0.3 is 0 Å². The fourth-order valence-corrected chi connectivity index (χ4v) is 4.81. The number of rotatable bonds is 1. The molecule has 0 saturated carbocycles. The summed E-state index contributed by atoms with van der Waals surface area (Å²) >= 11 is 1.87. The van der Waals surface area contributed by atoms with Gasteiger partial charge in [0.05, 0.1) is 17.6 Å². The first-order chi connectivity index (χ1) is 10.0. The minimum Gasteiger partial charge on any atom is -0.372 e. The minimum atomic E-state index is -0.109. The van der Waals surface area contributed by atoms with Crippen LogP contribution < -0.4 is 4.90 Å². The quantitative estimate of drug-likeness (QED) is 0.811. The van der Waals surface area contributed by atoms with E-state index in [1.165, 1.54) is 39.9 Å². The van der Waals surface area contributed by atoms with Crippen LogP contribution in [-0.4, -0.2) is 35.3 Å². The molecule has 0 amide bonds. The first-order valence-corrected chi connectivity index (χ1v) is 8.53. The molecule has 0 spiro atoms. The number of aryl methyl sites for hydroxylation is 3. The number of ether oxygens (including phenoxy) is 1. The molecule has 0 bridgehead atoms. The molecule has 5 heteroatoms. The van der Waals surface area contributed by atoms with Crippen LogP contribution in [0.4, 0.5) is 5.82 Å². The molecule has 3 heterocycles. The van der Waals surface area contributed by atoms with Crippen molar-refractivity contribution in [1.29, 1.82) is 0 Å². The van der Waals surface area contributed by atoms with Crippen LogP contribution in [-0.2, 0) is 17.6 Å². The molecule has 1 aliphatic heterocycles. The fourth-order valence-electron chi connectivity index (χ4n) is 3.51. The zero-order chi connectivity index (χ0) is 14.6. The van der Waals surface area contributed by atoms with Crippen LogP contribution in [0.5, 0.6) is 0 Å². The van der Waals surface area contributed by atoms with Crippen molar-refractivity contribution >= 4 is 27.4 Å². The van der Waals surface area contributed by atoms with E-state index >= 15 is 0 Å². The van der Waals surface area contributed by atoms with Crippen molar-refractivity contribution < 1.29 is 4.74 Å².